The lowest BCUT2D eigenvalue weighted by molar-refractivity contribution is 0.0646. The van der Waals surface area contributed by atoms with E-state index >= 15 is 0 Å². The summed E-state index contributed by atoms with van der Waals surface area (Å²) < 4.78 is 13.0. The van der Waals surface area contributed by atoms with E-state index in [1.165, 1.54) is 0 Å². The van der Waals surface area contributed by atoms with Gasteiger partial charge in [0.1, 0.15) is 11.4 Å². The Morgan fingerprint density at radius 1 is 1.14 bits per heavy atom. The van der Waals surface area contributed by atoms with Gasteiger partial charge in [0, 0.05) is 4.47 Å². The molecule has 6 heteroatoms. The number of hydrogen-bond acceptors (Lipinski definition) is 2. The topological polar surface area (TPSA) is 74.6 Å². The lowest BCUT2D eigenvalue weighted by Gasteiger charge is -2.04. The molecule has 1 aromatic carbocycles. The second-order valence-electron chi connectivity index (χ2n) is 2.39. The van der Waals surface area contributed by atoms with Gasteiger partial charge in [0.05, 0.1) is 5.56 Å². The lowest BCUT2D eigenvalue weighted by Crippen LogP contribution is -2.11. The van der Waals surface area contributed by atoms with Crippen LogP contribution in [0.25, 0.3) is 0 Å². The van der Waals surface area contributed by atoms with E-state index in [0.717, 1.165) is 12.1 Å². The summed E-state index contributed by atoms with van der Waals surface area (Å²) in [5.41, 5.74) is -1.43. The molecule has 1 rings (SSSR count). The van der Waals surface area contributed by atoms with Crippen molar-refractivity contribution in [2.24, 2.45) is 0 Å². The lowest BCUT2D eigenvalue weighted by atomic mass is 10.1. The van der Waals surface area contributed by atoms with Gasteiger partial charge >= 0.3 is 11.9 Å². The van der Waals surface area contributed by atoms with Crippen molar-refractivity contribution < 1.29 is 24.2 Å². The van der Waals surface area contributed by atoms with Crippen LogP contribution in [0.3, 0.4) is 0 Å². The van der Waals surface area contributed by atoms with Crippen LogP contribution in [-0.2, 0) is 0 Å². The minimum Gasteiger partial charge on any atom is -0.478 e. The zero-order chi connectivity index (χ0) is 10.9. The van der Waals surface area contributed by atoms with Gasteiger partial charge in [0.2, 0.25) is 0 Å². The molecule has 0 saturated carbocycles. The molecular weight excluding hydrogens is 259 g/mol. The Hall–Kier alpha value is -1.43. The van der Waals surface area contributed by atoms with Crippen molar-refractivity contribution in [2.75, 3.05) is 0 Å². The highest BCUT2D eigenvalue weighted by atomic mass is 79.9. The number of hydrogen-bond donors (Lipinski definition) is 2. The summed E-state index contributed by atoms with van der Waals surface area (Å²) in [7, 11) is 0. The molecule has 0 aliphatic heterocycles. The molecule has 0 aromatic heterocycles. The molecule has 0 spiro atoms. The molecule has 0 bridgehead atoms. The Kier molecular flexibility index (Phi) is 2.85. The van der Waals surface area contributed by atoms with Crippen LogP contribution in [-0.4, -0.2) is 22.2 Å². The smallest absolute Gasteiger partial charge is 0.339 e. The second kappa shape index (κ2) is 3.75. The van der Waals surface area contributed by atoms with E-state index in [9.17, 15) is 14.0 Å². The number of aromatic carboxylic acids is 2. The van der Waals surface area contributed by atoms with Gasteiger partial charge in [-0.05, 0) is 28.1 Å². The number of carbonyl (C=O) groups is 2. The molecular formula is C8H4BrFO4. The van der Waals surface area contributed by atoms with Crippen LogP contribution < -0.4 is 0 Å². The zero-order valence-electron chi connectivity index (χ0n) is 6.62. The van der Waals surface area contributed by atoms with E-state index in [1.54, 1.807) is 0 Å². The highest BCUT2D eigenvalue weighted by molar-refractivity contribution is 9.10. The van der Waals surface area contributed by atoms with Gasteiger partial charge in [-0.2, -0.15) is 0 Å². The molecule has 0 fully saturated rings. The SMILES string of the molecule is O=C(O)c1c(F)ccc(Br)c1C(=O)O. The maximum atomic E-state index is 13.0. The maximum Gasteiger partial charge on any atom is 0.339 e. The average Bonchev–Trinajstić information content (AvgIpc) is 2.07. The van der Waals surface area contributed by atoms with E-state index in [2.05, 4.69) is 15.9 Å². The Morgan fingerprint density at radius 2 is 1.64 bits per heavy atom. The van der Waals surface area contributed by atoms with Crippen LogP contribution in [0.15, 0.2) is 16.6 Å². The summed E-state index contributed by atoms with van der Waals surface area (Å²) in [5.74, 6) is -4.17. The van der Waals surface area contributed by atoms with E-state index in [1.807, 2.05) is 0 Å². The van der Waals surface area contributed by atoms with Crippen molar-refractivity contribution in [1.29, 1.82) is 0 Å². The van der Waals surface area contributed by atoms with Gasteiger partial charge in [-0.1, -0.05) is 0 Å². The standard InChI is InChI=1S/C8H4BrFO4/c9-3-1-2-4(10)6(8(13)14)5(3)7(11)12/h1-2H,(H,11,12)(H,13,14). The highest BCUT2D eigenvalue weighted by Gasteiger charge is 2.23. The van der Waals surface area contributed by atoms with Gasteiger partial charge < -0.3 is 10.2 Å². The fraction of sp³-hybridized carbons (Fsp3) is 0. The molecule has 0 unspecified atom stereocenters. The predicted octanol–water partition coefficient (Wildman–Crippen LogP) is 1.98. The van der Waals surface area contributed by atoms with Crippen LogP contribution in [0.2, 0.25) is 0 Å². The third-order valence-electron chi connectivity index (χ3n) is 1.53. The van der Waals surface area contributed by atoms with Gasteiger partial charge in [-0.15, -0.1) is 0 Å². The van der Waals surface area contributed by atoms with Crippen molar-refractivity contribution in [2.45, 2.75) is 0 Å². The molecule has 2 N–H and O–H groups in total. The summed E-state index contributed by atoms with van der Waals surface area (Å²) in [6, 6.07) is 2.03. The molecule has 0 heterocycles. The number of carboxylic acid groups (broad SMARTS) is 2. The Labute approximate surface area is 86.1 Å². The normalized spacial score (nSPS) is 9.86. The Bertz CT molecular complexity index is 377. The first kappa shape index (κ1) is 10.6. The van der Waals surface area contributed by atoms with Crippen molar-refractivity contribution in [1.82, 2.24) is 0 Å². The van der Waals surface area contributed by atoms with E-state index < -0.39 is 28.9 Å². The average molecular weight is 263 g/mol. The Morgan fingerprint density at radius 3 is 2.00 bits per heavy atom. The molecule has 0 saturated heterocycles. The monoisotopic (exact) mass is 262 g/mol. The van der Waals surface area contributed by atoms with Crippen molar-refractivity contribution in [3.8, 4) is 0 Å². The molecule has 0 atom stereocenters. The van der Waals surface area contributed by atoms with Crippen molar-refractivity contribution >= 4 is 27.9 Å². The quantitative estimate of drug-likeness (QED) is 0.855. The molecule has 1 aromatic rings. The molecule has 0 aliphatic carbocycles. The van der Waals surface area contributed by atoms with Crippen LogP contribution in [0.1, 0.15) is 20.7 Å². The van der Waals surface area contributed by atoms with E-state index in [-0.39, 0.29) is 4.47 Å². The fourth-order valence-electron chi connectivity index (χ4n) is 0.970. The minimum absolute atomic E-state index is 0.0313. The van der Waals surface area contributed by atoms with Gasteiger partial charge in [-0.3, -0.25) is 0 Å². The summed E-state index contributed by atoms with van der Waals surface area (Å²) in [6.07, 6.45) is 0. The van der Waals surface area contributed by atoms with Crippen LogP contribution in [0.5, 0.6) is 0 Å². The highest BCUT2D eigenvalue weighted by Crippen LogP contribution is 2.23. The van der Waals surface area contributed by atoms with E-state index in [0.29, 0.717) is 0 Å². The van der Waals surface area contributed by atoms with Crippen LogP contribution >= 0.6 is 15.9 Å². The van der Waals surface area contributed by atoms with Crippen LogP contribution in [0.4, 0.5) is 4.39 Å². The fourth-order valence-corrected chi connectivity index (χ4v) is 1.47. The molecule has 0 aliphatic rings. The number of benzene rings is 1. The molecule has 14 heavy (non-hydrogen) atoms. The summed E-state index contributed by atoms with van der Waals surface area (Å²) in [5, 5.41) is 17.3. The van der Waals surface area contributed by atoms with Gasteiger partial charge in [0.25, 0.3) is 0 Å². The third-order valence-corrected chi connectivity index (χ3v) is 2.19. The third kappa shape index (κ3) is 1.74. The maximum absolute atomic E-state index is 13.0. The molecule has 0 amide bonds. The van der Waals surface area contributed by atoms with Crippen molar-refractivity contribution in [3.05, 3.63) is 33.5 Å². The molecule has 4 nitrogen and oxygen atoms in total. The summed E-state index contributed by atoms with van der Waals surface area (Å²) in [4.78, 5) is 21.2. The van der Waals surface area contributed by atoms with Gasteiger partial charge in [0.15, 0.2) is 0 Å². The zero-order valence-corrected chi connectivity index (χ0v) is 8.21. The molecule has 0 radical (unpaired) electrons. The minimum atomic E-state index is -1.61. The first-order valence-electron chi connectivity index (χ1n) is 3.39. The largest absolute Gasteiger partial charge is 0.478 e. The Balaban J connectivity index is 3.58. The number of halogens is 2. The molecule has 74 valence electrons. The number of carboxylic acids is 2. The van der Waals surface area contributed by atoms with E-state index in [4.69, 9.17) is 10.2 Å². The number of rotatable bonds is 2. The van der Waals surface area contributed by atoms with Crippen molar-refractivity contribution in [3.63, 3.8) is 0 Å². The van der Waals surface area contributed by atoms with Gasteiger partial charge in [-0.25, -0.2) is 14.0 Å². The first-order chi connectivity index (χ1) is 6.45. The first-order valence-corrected chi connectivity index (χ1v) is 4.19. The predicted molar refractivity (Wildman–Crippen MR) is 48.0 cm³/mol. The summed E-state index contributed by atoms with van der Waals surface area (Å²) >= 11 is 2.84. The van der Waals surface area contributed by atoms with Crippen LogP contribution in [0, 0.1) is 5.82 Å². The summed E-state index contributed by atoms with van der Waals surface area (Å²) in [6.45, 7) is 0. The second-order valence-corrected chi connectivity index (χ2v) is 3.24.